The van der Waals surface area contributed by atoms with Crippen LogP contribution in [-0.2, 0) is 18.6 Å². The summed E-state index contributed by atoms with van der Waals surface area (Å²) in [4.78, 5) is 7.83. The fourth-order valence-corrected chi connectivity index (χ4v) is 7.63. The molecule has 1 aliphatic carbocycles. The van der Waals surface area contributed by atoms with Crippen molar-refractivity contribution in [3.8, 4) is 0 Å². The smallest absolute Gasteiger partial charge is 0.197 e. The summed E-state index contributed by atoms with van der Waals surface area (Å²) in [5.74, 6) is 1.99. The summed E-state index contributed by atoms with van der Waals surface area (Å²) >= 11 is 5.51. The molecule has 0 amide bonds. The van der Waals surface area contributed by atoms with E-state index in [2.05, 4.69) is 46.8 Å². The van der Waals surface area contributed by atoms with Crippen molar-refractivity contribution in [2.75, 3.05) is 5.75 Å². The molecule has 0 bridgehead atoms. The third kappa shape index (κ3) is 4.70. The Morgan fingerprint density at radius 2 is 1.78 bits per heavy atom. The Hall–Kier alpha value is -1.57. The van der Waals surface area contributed by atoms with E-state index in [0.717, 1.165) is 38.7 Å². The molecule has 0 saturated heterocycles. The van der Waals surface area contributed by atoms with Gasteiger partial charge in [-0.2, -0.15) is 0 Å². The van der Waals surface area contributed by atoms with Gasteiger partial charge in [-0.15, -0.1) is 21.5 Å². The number of hydrogen-bond donors (Lipinski definition) is 0. The van der Waals surface area contributed by atoms with E-state index in [1.165, 1.54) is 72.8 Å². The number of aromatic nitrogens is 4. The Kier molecular flexibility index (Phi) is 7.35. The average molecular weight is 483 g/mol. The first kappa shape index (κ1) is 22.2. The maximum Gasteiger partial charge on any atom is 0.197 e. The molecule has 168 valence electrons. The average Bonchev–Trinajstić information content (AvgIpc) is 3.41. The summed E-state index contributed by atoms with van der Waals surface area (Å²) in [6.07, 6.45) is 11.4. The third-order valence-corrected chi connectivity index (χ3v) is 9.30. The zero-order chi connectivity index (χ0) is 21.8. The predicted molar refractivity (Wildman–Crippen MR) is 138 cm³/mol. The summed E-state index contributed by atoms with van der Waals surface area (Å²) in [6.45, 7) is 2.27. The molecule has 1 aliphatic rings. The van der Waals surface area contributed by atoms with Gasteiger partial charge in [0.1, 0.15) is 4.83 Å². The van der Waals surface area contributed by atoms with Crippen LogP contribution in [0, 0.1) is 0 Å². The molecule has 32 heavy (non-hydrogen) atoms. The highest BCUT2D eigenvalue weighted by atomic mass is 32.2. The van der Waals surface area contributed by atoms with E-state index in [0.29, 0.717) is 0 Å². The largest absolute Gasteiger partial charge is 0.247 e. The number of benzene rings is 1. The van der Waals surface area contributed by atoms with Crippen LogP contribution < -0.4 is 0 Å². The van der Waals surface area contributed by atoms with Crippen molar-refractivity contribution < 1.29 is 0 Å². The van der Waals surface area contributed by atoms with Crippen molar-refractivity contribution in [3.63, 3.8) is 0 Å². The maximum absolute atomic E-state index is 5.18. The number of hydrogen-bond acceptors (Lipinski definition) is 6. The van der Waals surface area contributed by atoms with E-state index in [1.807, 2.05) is 23.1 Å². The van der Waals surface area contributed by atoms with Crippen LogP contribution in [0.1, 0.15) is 67.9 Å². The van der Waals surface area contributed by atoms with Gasteiger partial charge in [0.05, 0.1) is 5.39 Å². The van der Waals surface area contributed by atoms with Gasteiger partial charge >= 0.3 is 0 Å². The van der Waals surface area contributed by atoms with Gasteiger partial charge in [0, 0.05) is 16.4 Å². The number of thiophene rings is 1. The van der Waals surface area contributed by atoms with E-state index in [-0.39, 0.29) is 0 Å². The fourth-order valence-electron chi connectivity index (χ4n) is 4.38. The molecule has 5 rings (SSSR count). The highest BCUT2D eigenvalue weighted by Crippen LogP contribution is 2.40. The summed E-state index contributed by atoms with van der Waals surface area (Å²) in [5.41, 5.74) is 3.81. The highest BCUT2D eigenvalue weighted by Gasteiger charge is 2.23. The minimum Gasteiger partial charge on any atom is -0.247 e. The topological polar surface area (TPSA) is 43.1 Å². The van der Waals surface area contributed by atoms with Crippen LogP contribution in [0.2, 0.25) is 0 Å². The molecule has 1 aromatic carbocycles. The minimum atomic E-state index is 0.902. The van der Waals surface area contributed by atoms with Crippen molar-refractivity contribution in [1.82, 2.24) is 19.6 Å². The zero-order valence-corrected chi connectivity index (χ0v) is 21.1. The second-order valence-corrected chi connectivity index (χ2v) is 11.6. The molecule has 0 aliphatic heterocycles. The molecule has 4 nitrogen and oxygen atoms in total. The molecule has 0 radical (unpaired) electrons. The molecule has 0 saturated carbocycles. The Balaban J connectivity index is 1.48. The number of fused-ring (bicyclic) bond motifs is 5. The molecule has 3 aromatic heterocycles. The van der Waals surface area contributed by atoms with Gasteiger partial charge in [0.25, 0.3) is 0 Å². The van der Waals surface area contributed by atoms with Crippen LogP contribution in [0.5, 0.6) is 0 Å². The lowest BCUT2D eigenvalue weighted by molar-refractivity contribution is 0.659. The van der Waals surface area contributed by atoms with E-state index >= 15 is 0 Å². The van der Waals surface area contributed by atoms with Crippen LogP contribution in [0.25, 0.3) is 15.9 Å². The lowest BCUT2D eigenvalue weighted by Gasteiger charge is -2.11. The molecule has 0 fully saturated rings. The number of thioether (sulfide) groups is 2. The monoisotopic (exact) mass is 482 g/mol. The SMILES string of the molecule is CCCCCCCSc1nnc2c3c4c(sc3nc(SCc3ccccc3)n12)CCCC4. The molecule has 0 atom stereocenters. The Bertz CT molecular complexity index is 1180. The van der Waals surface area contributed by atoms with Gasteiger partial charge in [-0.1, -0.05) is 86.5 Å². The lowest BCUT2D eigenvalue weighted by atomic mass is 9.97. The van der Waals surface area contributed by atoms with Crippen LogP contribution in [0.3, 0.4) is 0 Å². The van der Waals surface area contributed by atoms with E-state index in [4.69, 9.17) is 10.1 Å². The van der Waals surface area contributed by atoms with Crippen LogP contribution >= 0.6 is 34.9 Å². The van der Waals surface area contributed by atoms with Crippen LogP contribution in [0.15, 0.2) is 40.6 Å². The quantitative estimate of drug-likeness (QED) is 0.132. The van der Waals surface area contributed by atoms with Crippen molar-refractivity contribution in [1.29, 1.82) is 0 Å². The number of aryl methyl sites for hydroxylation is 2. The molecule has 0 unspecified atom stereocenters. The van der Waals surface area contributed by atoms with Crippen molar-refractivity contribution in [2.45, 2.75) is 80.8 Å². The first-order valence-corrected chi connectivity index (χ1v) is 14.6. The van der Waals surface area contributed by atoms with Crippen molar-refractivity contribution in [3.05, 3.63) is 46.3 Å². The fraction of sp³-hybridized carbons (Fsp3) is 0.480. The van der Waals surface area contributed by atoms with Gasteiger partial charge in [0.2, 0.25) is 0 Å². The summed E-state index contributed by atoms with van der Waals surface area (Å²) in [5, 5.41) is 12.6. The molecule has 0 spiro atoms. The number of rotatable bonds is 10. The summed E-state index contributed by atoms with van der Waals surface area (Å²) in [6, 6.07) is 10.7. The standard InChI is InChI=1S/C25H30N4S3/c1-2-3-4-5-11-16-30-25-28-27-22-21-19-14-9-10-15-20(19)32-23(21)26-24(29(22)25)31-17-18-12-7-6-8-13-18/h6-8,12-13H,2-5,9-11,14-17H2,1H3. The van der Waals surface area contributed by atoms with Crippen molar-refractivity contribution in [2.24, 2.45) is 0 Å². The number of nitrogens with zero attached hydrogens (tertiary/aromatic N) is 4. The molecule has 4 aromatic rings. The first-order chi connectivity index (χ1) is 15.8. The van der Waals surface area contributed by atoms with Gasteiger partial charge in [0.15, 0.2) is 16.0 Å². The van der Waals surface area contributed by atoms with E-state index < -0.39 is 0 Å². The van der Waals surface area contributed by atoms with Gasteiger partial charge < -0.3 is 0 Å². The van der Waals surface area contributed by atoms with Crippen LogP contribution in [0.4, 0.5) is 0 Å². The first-order valence-electron chi connectivity index (χ1n) is 11.8. The molecule has 0 N–H and O–H groups in total. The molecule has 3 heterocycles. The van der Waals surface area contributed by atoms with Gasteiger partial charge in [-0.3, -0.25) is 0 Å². The number of unbranched alkanes of at least 4 members (excludes halogenated alkanes) is 4. The van der Waals surface area contributed by atoms with Crippen molar-refractivity contribution >= 4 is 50.7 Å². The third-order valence-electron chi connectivity index (χ3n) is 6.09. The molecule has 7 heteroatoms. The zero-order valence-electron chi connectivity index (χ0n) is 18.7. The minimum absolute atomic E-state index is 0.902. The Morgan fingerprint density at radius 3 is 2.66 bits per heavy atom. The van der Waals surface area contributed by atoms with Gasteiger partial charge in [-0.05, 0) is 43.2 Å². The summed E-state index contributed by atoms with van der Waals surface area (Å²) in [7, 11) is 0. The van der Waals surface area contributed by atoms with E-state index in [1.54, 1.807) is 11.8 Å². The van der Waals surface area contributed by atoms with Gasteiger partial charge in [-0.25, -0.2) is 9.38 Å². The maximum atomic E-state index is 5.18. The Labute approximate surface area is 202 Å². The van der Waals surface area contributed by atoms with Crippen LogP contribution in [-0.4, -0.2) is 25.3 Å². The van der Waals surface area contributed by atoms with E-state index in [9.17, 15) is 0 Å². The Morgan fingerprint density at radius 1 is 0.938 bits per heavy atom. The lowest BCUT2D eigenvalue weighted by Crippen LogP contribution is -2.01. The normalized spacial score (nSPS) is 13.8. The second kappa shape index (κ2) is 10.6. The second-order valence-electron chi connectivity index (χ2n) is 8.46. The highest BCUT2D eigenvalue weighted by molar-refractivity contribution is 7.99. The summed E-state index contributed by atoms with van der Waals surface area (Å²) < 4.78 is 2.24. The molecular weight excluding hydrogens is 453 g/mol. The predicted octanol–water partition coefficient (Wildman–Crippen LogP) is 7.57. The molecular formula is C25H30N4S3.